The highest BCUT2D eigenvalue weighted by Gasteiger charge is 2.26. The normalized spacial score (nSPS) is 16.7. The number of pyridine rings is 1. The Bertz CT molecular complexity index is 1490. The van der Waals surface area contributed by atoms with Gasteiger partial charge in [-0.15, -0.1) is 0 Å². The van der Waals surface area contributed by atoms with Gasteiger partial charge in [0.05, 0.1) is 12.2 Å². The zero-order chi connectivity index (χ0) is 27.5. The number of ether oxygens (including phenoxy) is 1. The molecule has 1 amide bonds. The molecule has 0 atom stereocenters. The Morgan fingerprint density at radius 3 is 2.62 bits per heavy atom. The number of halogens is 1. The van der Waals surface area contributed by atoms with Crippen molar-refractivity contribution in [3.63, 3.8) is 0 Å². The number of carbonyl (C=O) groups excluding carboxylic acids is 1. The van der Waals surface area contributed by atoms with Crippen molar-refractivity contribution >= 4 is 16.9 Å². The molecule has 4 aromatic rings. The van der Waals surface area contributed by atoms with Crippen molar-refractivity contribution in [3.05, 3.63) is 77.9 Å². The van der Waals surface area contributed by atoms with E-state index in [1.807, 2.05) is 23.2 Å². The number of likely N-dealkylation sites (tertiary alicyclic amines) is 2. The Morgan fingerprint density at radius 1 is 1.02 bits per heavy atom. The van der Waals surface area contributed by atoms with Crippen LogP contribution in [0.2, 0.25) is 0 Å². The number of hydrogen-bond acceptors (Lipinski definition) is 4. The van der Waals surface area contributed by atoms with Crippen LogP contribution in [0.5, 0.6) is 0 Å². The summed E-state index contributed by atoms with van der Waals surface area (Å²) < 4.78 is 20.4. The predicted octanol–water partition coefficient (Wildman–Crippen LogP) is 6.52. The minimum absolute atomic E-state index is 0.132. The number of aromatic amines is 1. The quantitative estimate of drug-likeness (QED) is 0.276. The molecule has 0 radical (unpaired) electrons. The summed E-state index contributed by atoms with van der Waals surface area (Å²) in [6.07, 6.45) is 9.54. The van der Waals surface area contributed by atoms with Crippen LogP contribution in [0.15, 0.2) is 60.9 Å². The van der Waals surface area contributed by atoms with E-state index in [0.717, 1.165) is 58.2 Å². The van der Waals surface area contributed by atoms with Gasteiger partial charge in [-0.2, -0.15) is 0 Å². The van der Waals surface area contributed by atoms with Crippen LogP contribution in [0.1, 0.15) is 48.0 Å². The number of H-pyrrole nitrogens is 1. The lowest BCUT2D eigenvalue weighted by atomic mass is 9.92. The lowest BCUT2D eigenvalue weighted by Crippen LogP contribution is -2.39. The smallest absolute Gasteiger partial charge is 0.256 e. The highest BCUT2D eigenvalue weighted by Crippen LogP contribution is 2.34. The minimum Gasteiger partial charge on any atom is -0.380 e. The van der Waals surface area contributed by atoms with Crippen LogP contribution in [-0.4, -0.2) is 65.5 Å². The molecule has 7 heteroatoms. The molecule has 6 rings (SSSR count). The molecule has 0 bridgehead atoms. The number of fused-ring (bicyclic) bond motifs is 1. The average Bonchev–Trinajstić information content (AvgIpc) is 3.67. The van der Waals surface area contributed by atoms with Crippen molar-refractivity contribution in [3.8, 4) is 22.3 Å². The van der Waals surface area contributed by atoms with E-state index in [1.165, 1.54) is 38.4 Å². The summed E-state index contributed by atoms with van der Waals surface area (Å²) in [4.78, 5) is 25.7. The molecule has 4 heterocycles. The fourth-order valence-corrected chi connectivity index (χ4v) is 6.28. The second-order valence-corrected chi connectivity index (χ2v) is 11.2. The van der Waals surface area contributed by atoms with E-state index in [9.17, 15) is 9.18 Å². The molecular formula is C33H37FN4O2. The molecular weight excluding hydrogens is 503 g/mol. The first-order valence-corrected chi connectivity index (χ1v) is 14.5. The summed E-state index contributed by atoms with van der Waals surface area (Å²) >= 11 is 0. The van der Waals surface area contributed by atoms with E-state index in [4.69, 9.17) is 4.74 Å². The second kappa shape index (κ2) is 11.9. The number of piperidine rings is 1. The van der Waals surface area contributed by atoms with Crippen molar-refractivity contribution in [2.24, 2.45) is 5.92 Å². The van der Waals surface area contributed by atoms with Crippen molar-refractivity contribution < 1.29 is 13.9 Å². The molecule has 2 aliphatic rings. The molecule has 2 aromatic heterocycles. The van der Waals surface area contributed by atoms with E-state index in [0.29, 0.717) is 25.6 Å². The molecule has 1 N–H and O–H groups in total. The Labute approximate surface area is 235 Å². The van der Waals surface area contributed by atoms with Crippen LogP contribution >= 0.6 is 0 Å². The highest BCUT2D eigenvalue weighted by atomic mass is 19.1. The Kier molecular flexibility index (Phi) is 7.93. The molecule has 2 aliphatic heterocycles. The Morgan fingerprint density at radius 2 is 1.82 bits per heavy atom. The van der Waals surface area contributed by atoms with Crippen molar-refractivity contribution in [1.29, 1.82) is 0 Å². The van der Waals surface area contributed by atoms with E-state index < -0.39 is 5.82 Å². The lowest BCUT2D eigenvalue weighted by Gasteiger charge is -2.33. The largest absolute Gasteiger partial charge is 0.380 e. The summed E-state index contributed by atoms with van der Waals surface area (Å²) in [5.74, 6) is -0.0554. The lowest BCUT2D eigenvalue weighted by molar-refractivity contribution is 0.0677. The van der Waals surface area contributed by atoms with Crippen LogP contribution < -0.4 is 0 Å². The van der Waals surface area contributed by atoms with Gasteiger partial charge in [-0.3, -0.25) is 4.79 Å². The van der Waals surface area contributed by atoms with Crippen LogP contribution in [-0.2, 0) is 11.3 Å². The predicted molar refractivity (Wildman–Crippen MR) is 157 cm³/mol. The number of nitrogens with zero attached hydrogens (tertiary/aromatic N) is 3. The van der Waals surface area contributed by atoms with E-state index in [2.05, 4.69) is 33.1 Å². The van der Waals surface area contributed by atoms with Gasteiger partial charge in [0.1, 0.15) is 11.5 Å². The number of hydrogen-bond donors (Lipinski definition) is 1. The van der Waals surface area contributed by atoms with Crippen molar-refractivity contribution in [2.75, 3.05) is 39.8 Å². The molecule has 2 fully saturated rings. The minimum atomic E-state index is -0.477. The summed E-state index contributed by atoms with van der Waals surface area (Å²) in [6, 6.07) is 15.0. The third kappa shape index (κ3) is 5.54. The summed E-state index contributed by atoms with van der Waals surface area (Å²) in [5.41, 5.74) is 5.72. The Balaban J connectivity index is 1.20. The van der Waals surface area contributed by atoms with Gasteiger partial charge >= 0.3 is 0 Å². The van der Waals surface area contributed by atoms with Gasteiger partial charge in [-0.25, -0.2) is 9.37 Å². The van der Waals surface area contributed by atoms with Crippen molar-refractivity contribution in [1.82, 2.24) is 19.8 Å². The molecule has 208 valence electrons. The standard InChI is InChI=1S/C33H37FN4O2/c1-40-22-25-6-2-3-7-27(25)30-21-36-32-28(30)19-26(20-35-32)24-8-9-31(34)29(18-24)33(39)38-16-11-23(12-17-38)10-15-37-13-4-5-14-37/h2-3,6-9,18-21,23H,4-5,10-17,22H2,1H3,(H,35,36). The van der Waals surface area contributed by atoms with Crippen LogP contribution in [0, 0.1) is 11.7 Å². The fourth-order valence-electron chi connectivity index (χ4n) is 6.28. The molecule has 6 nitrogen and oxygen atoms in total. The topological polar surface area (TPSA) is 61.5 Å². The number of carbonyl (C=O) groups is 1. The number of methoxy groups -OCH3 is 1. The van der Waals surface area contributed by atoms with E-state index in [1.54, 1.807) is 25.4 Å². The Hall–Kier alpha value is -3.55. The van der Waals surface area contributed by atoms with Gasteiger partial charge in [-0.1, -0.05) is 30.3 Å². The molecule has 0 aliphatic carbocycles. The molecule has 2 aromatic carbocycles. The molecule has 40 heavy (non-hydrogen) atoms. The van der Waals surface area contributed by atoms with Gasteiger partial charge < -0.3 is 19.5 Å². The number of amides is 1. The maximum absolute atomic E-state index is 15.0. The van der Waals surface area contributed by atoms with Gasteiger partial charge in [0.25, 0.3) is 5.91 Å². The van der Waals surface area contributed by atoms with Crippen LogP contribution in [0.4, 0.5) is 4.39 Å². The first kappa shape index (κ1) is 26.7. The van der Waals surface area contributed by atoms with Gasteiger partial charge in [-0.05, 0) is 92.5 Å². The second-order valence-electron chi connectivity index (χ2n) is 11.2. The van der Waals surface area contributed by atoms with E-state index in [-0.39, 0.29) is 11.5 Å². The maximum Gasteiger partial charge on any atom is 0.256 e. The van der Waals surface area contributed by atoms with Crippen LogP contribution in [0.25, 0.3) is 33.3 Å². The summed E-state index contributed by atoms with van der Waals surface area (Å²) in [7, 11) is 1.69. The zero-order valence-corrected chi connectivity index (χ0v) is 23.2. The third-order valence-corrected chi connectivity index (χ3v) is 8.62. The highest BCUT2D eigenvalue weighted by molar-refractivity contribution is 5.98. The van der Waals surface area contributed by atoms with E-state index >= 15 is 0 Å². The zero-order valence-electron chi connectivity index (χ0n) is 23.2. The first-order valence-electron chi connectivity index (χ1n) is 14.5. The molecule has 0 unspecified atom stereocenters. The number of rotatable bonds is 8. The SMILES string of the molecule is COCc1ccccc1-c1c[nH]c2ncc(-c3ccc(F)c(C(=O)N4CCC(CCN5CCCC5)CC4)c3)cc12. The number of nitrogens with one attached hydrogen (secondary N) is 1. The van der Waals surface area contributed by atoms with Gasteiger partial charge in [0.2, 0.25) is 0 Å². The molecule has 2 saturated heterocycles. The van der Waals surface area contributed by atoms with Gasteiger partial charge in [0, 0.05) is 49.1 Å². The number of aromatic nitrogens is 2. The molecule has 0 saturated carbocycles. The van der Waals surface area contributed by atoms with Gasteiger partial charge in [0.15, 0.2) is 0 Å². The number of benzene rings is 2. The summed E-state index contributed by atoms with van der Waals surface area (Å²) in [5, 5.41) is 0.967. The molecule has 0 spiro atoms. The monoisotopic (exact) mass is 540 g/mol. The van der Waals surface area contributed by atoms with Crippen molar-refractivity contribution in [2.45, 2.75) is 38.7 Å². The average molecular weight is 541 g/mol. The summed E-state index contributed by atoms with van der Waals surface area (Å²) in [6.45, 7) is 5.50. The first-order chi connectivity index (χ1) is 19.6. The maximum atomic E-state index is 15.0. The fraction of sp³-hybridized carbons (Fsp3) is 0.394. The third-order valence-electron chi connectivity index (χ3n) is 8.62. The van der Waals surface area contributed by atoms with Crippen LogP contribution in [0.3, 0.4) is 0 Å².